The van der Waals surface area contributed by atoms with Gasteiger partial charge in [-0.15, -0.1) is 0 Å². The Morgan fingerprint density at radius 1 is 0.960 bits per heavy atom. The molecule has 4 aromatic rings. The lowest BCUT2D eigenvalue weighted by atomic mass is 10.2. The van der Waals surface area contributed by atoms with Crippen LogP contribution in [-0.4, -0.2) is 26.0 Å². The van der Waals surface area contributed by atoms with E-state index in [-0.39, 0.29) is 0 Å². The van der Waals surface area contributed by atoms with Crippen molar-refractivity contribution in [1.82, 2.24) is 14.5 Å². The molecule has 3 aromatic heterocycles. The summed E-state index contributed by atoms with van der Waals surface area (Å²) in [5.41, 5.74) is 3.20. The second-order valence-electron chi connectivity index (χ2n) is 5.39. The van der Waals surface area contributed by atoms with E-state index in [1.165, 1.54) is 11.8 Å². The van der Waals surface area contributed by atoms with Crippen LogP contribution in [0.15, 0.2) is 90.7 Å². The minimum Gasteiger partial charge on any atom is -0.411 e. The molecule has 0 amide bonds. The van der Waals surface area contributed by atoms with E-state index in [9.17, 15) is 0 Å². The number of fused-ring (bicyclic) bond motifs is 1. The van der Waals surface area contributed by atoms with E-state index >= 15 is 0 Å². The highest BCUT2D eigenvalue weighted by Crippen LogP contribution is 2.18. The van der Waals surface area contributed by atoms with Crippen LogP contribution < -0.4 is 0 Å². The molecule has 5 nitrogen and oxygen atoms in total. The molecule has 0 fully saturated rings. The van der Waals surface area contributed by atoms with Gasteiger partial charge in [-0.3, -0.25) is 9.97 Å². The van der Waals surface area contributed by atoms with E-state index in [1.807, 2.05) is 48.7 Å². The fraction of sp³-hybridized carbons (Fsp3) is 0.0500. The predicted octanol–water partition coefficient (Wildman–Crippen LogP) is 3.97. The van der Waals surface area contributed by atoms with Gasteiger partial charge in [0.15, 0.2) is 0 Å². The van der Waals surface area contributed by atoms with Gasteiger partial charge in [0.1, 0.15) is 0 Å². The van der Waals surface area contributed by atoms with Crippen LogP contribution in [0.2, 0.25) is 0 Å². The first-order valence-electron chi connectivity index (χ1n) is 7.87. The van der Waals surface area contributed by atoms with Crippen molar-refractivity contribution in [1.29, 1.82) is 0 Å². The zero-order valence-electron chi connectivity index (χ0n) is 13.6. The summed E-state index contributed by atoms with van der Waals surface area (Å²) >= 11 is 0. The number of rotatable bonds is 3. The van der Waals surface area contributed by atoms with Crippen molar-refractivity contribution in [3.63, 3.8) is 0 Å². The molecule has 1 N–H and O–H groups in total. The Labute approximate surface area is 145 Å². The van der Waals surface area contributed by atoms with Gasteiger partial charge in [0, 0.05) is 48.4 Å². The van der Waals surface area contributed by atoms with Crippen molar-refractivity contribution in [2.45, 2.75) is 6.54 Å². The molecule has 5 heteroatoms. The maximum atomic E-state index is 8.55. The summed E-state index contributed by atoms with van der Waals surface area (Å²) in [7, 11) is 0. The van der Waals surface area contributed by atoms with Gasteiger partial charge in [0.25, 0.3) is 0 Å². The topological polar surface area (TPSA) is 63.3 Å². The van der Waals surface area contributed by atoms with Crippen LogP contribution in [0.5, 0.6) is 0 Å². The van der Waals surface area contributed by atoms with Crippen molar-refractivity contribution >= 4 is 17.1 Å². The zero-order valence-corrected chi connectivity index (χ0v) is 13.6. The number of oxime groups is 1. The third-order valence-corrected chi connectivity index (χ3v) is 3.64. The van der Waals surface area contributed by atoms with Crippen LogP contribution in [-0.2, 0) is 6.54 Å². The first kappa shape index (κ1) is 16.4. The SMILES string of the molecule is ON=Cc1ccc2c(ccn2Cc2cccnc2)c1.c1ccncc1. The summed E-state index contributed by atoms with van der Waals surface area (Å²) in [5.74, 6) is 0. The Kier molecular flexibility index (Phi) is 5.51. The van der Waals surface area contributed by atoms with Gasteiger partial charge in [0.2, 0.25) is 0 Å². The average Bonchev–Trinajstić information content (AvgIpc) is 3.07. The Morgan fingerprint density at radius 2 is 1.80 bits per heavy atom. The number of hydrogen-bond acceptors (Lipinski definition) is 4. The van der Waals surface area contributed by atoms with Crippen LogP contribution in [0.1, 0.15) is 11.1 Å². The monoisotopic (exact) mass is 330 g/mol. The molecule has 0 spiro atoms. The third kappa shape index (κ3) is 4.51. The van der Waals surface area contributed by atoms with Gasteiger partial charge >= 0.3 is 0 Å². The van der Waals surface area contributed by atoms with E-state index in [4.69, 9.17) is 5.21 Å². The second kappa shape index (κ2) is 8.40. The van der Waals surface area contributed by atoms with Crippen molar-refractivity contribution in [2.24, 2.45) is 5.16 Å². The quantitative estimate of drug-likeness (QED) is 0.351. The fourth-order valence-corrected chi connectivity index (χ4v) is 2.50. The molecule has 0 atom stereocenters. The maximum absolute atomic E-state index is 8.55. The van der Waals surface area contributed by atoms with Gasteiger partial charge in [-0.2, -0.15) is 0 Å². The van der Waals surface area contributed by atoms with Gasteiger partial charge in [0.05, 0.1) is 6.21 Å². The zero-order chi connectivity index (χ0) is 17.3. The van der Waals surface area contributed by atoms with E-state index in [0.717, 1.165) is 23.0 Å². The Bertz CT molecular complexity index is 907. The first-order chi connectivity index (χ1) is 12.4. The standard InChI is InChI=1S/C15H13N3O.C5H5N/c19-17-10-12-3-4-15-14(8-12)5-7-18(15)11-13-2-1-6-16-9-13;1-2-4-6-5-3-1/h1-10,19H,11H2;1-5H. The number of benzene rings is 1. The van der Waals surface area contributed by atoms with Crippen molar-refractivity contribution in [3.8, 4) is 0 Å². The molecule has 4 rings (SSSR count). The molecule has 0 saturated carbocycles. The van der Waals surface area contributed by atoms with Crippen molar-refractivity contribution in [2.75, 3.05) is 0 Å². The molecule has 3 heterocycles. The van der Waals surface area contributed by atoms with Crippen LogP contribution in [0.4, 0.5) is 0 Å². The molecule has 1 aromatic carbocycles. The van der Waals surface area contributed by atoms with Crippen LogP contribution >= 0.6 is 0 Å². The number of pyridine rings is 2. The molecular weight excluding hydrogens is 312 g/mol. The number of aromatic nitrogens is 3. The number of nitrogens with zero attached hydrogens (tertiary/aromatic N) is 4. The molecule has 25 heavy (non-hydrogen) atoms. The molecular formula is C20H18N4O. The highest BCUT2D eigenvalue weighted by molar-refractivity contribution is 5.89. The van der Waals surface area contributed by atoms with Crippen LogP contribution in [0, 0.1) is 0 Å². The Hall–Kier alpha value is -3.47. The maximum Gasteiger partial charge on any atom is 0.0734 e. The molecule has 124 valence electrons. The fourth-order valence-electron chi connectivity index (χ4n) is 2.50. The molecule has 0 aliphatic carbocycles. The lowest BCUT2D eigenvalue weighted by Crippen LogP contribution is -1.98. The predicted molar refractivity (Wildman–Crippen MR) is 98.9 cm³/mol. The third-order valence-electron chi connectivity index (χ3n) is 3.64. The largest absolute Gasteiger partial charge is 0.411 e. The van der Waals surface area contributed by atoms with E-state index in [0.29, 0.717) is 0 Å². The summed E-state index contributed by atoms with van der Waals surface area (Å²) in [4.78, 5) is 7.91. The summed E-state index contributed by atoms with van der Waals surface area (Å²) in [6, 6.07) is 17.7. The van der Waals surface area contributed by atoms with E-state index < -0.39 is 0 Å². The van der Waals surface area contributed by atoms with Crippen molar-refractivity contribution in [3.05, 3.63) is 96.7 Å². The van der Waals surface area contributed by atoms with Gasteiger partial charge in [-0.05, 0) is 47.5 Å². The highest BCUT2D eigenvalue weighted by atomic mass is 16.4. The normalized spacial score (nSPS) is 10.6. The van der Waals surface area contributed by atoms with Crippen LogP contribution in [0.25, 0.3) is 10.9 Å². The lowest BCUT2D eigenvalue weighted by molar-refractivity contribution is 0.322. The molecule has 0 unspecified atom stereocenters. The molecule has 0 bridgehead atoms. The molecule has 0 aliphatic heterocycles. The molecule has 0 aliphatic rings. The van der Waals surface area contributed by atoms with Gasteiger partial charge in [-0.25, -0.2) is 0 Å². The average molecular weight is 330 g/mol. The van der Waals surface area contributed by atoms with E-state index in [1.54, 1.807) is 18.6 Å². The summed E-state index contributed by atoms with van der Waals surface area (Å²) in [5, 5.41) is 12.7. The molecule has 0 radical (unpaired) electrons. The Balaban J connectivity index is 0.000000258. The minimum absolute atomic E-state index is 0.796. The van der Waals surface area contributed by atoms with Crippen LogP contribution in [0.3, 0.4) is 0 Å². The minimum atomic E-state index is 0.796. The van der Waals surface area contributed by atoms with E-state index in [2.05, 4.69) is 38.0 Å². The molecule has 0 saturated heterocycles. The smallest absolute Gasteiger partial charge is 0.0734 e. The lowest BCUT2D eigenvalue weighted by Gasteiger charge is -2.05. The Morgan fingerprint density at radius 3 is 2.44 bits per heavy atom. The summed E-state index contributed by atoms with van der Waals surface area (Å²) in [6.07, 6.45) is 10.6. The van der Waals surface area contributed by atoms with Gasteiger partial charge in [-0.1, -0.05) is 23.4 Å². The second-order valence-corrected chi connectivity index (χ2v) is 5.39. The summed E-state index contributed by atoms with van der Waals surface area (Å²) < 4.78 is 2.17. The first-order valence-corrected chi connectivity index (χ1v) is 7.87. The number of hydrogen-bond donors (Lipinski definition) is 1. The highest BCUT2D eigenvalue weighted by Gasteiger charge is 2.02. The van der Waals surface area contributed by atoms with Crippen molar-refractivity contribution < 1.29 is 5.21 Å². The summed E-state index contributed by atoms with van der Waals surface area (Å²) in [6.45, 7) is 0.796. The van der Waals surface area contributed by atoms with Gasteiger partial charge < -0.3 is 9.77 Å².